The number of non-ortho nitro benzene ring substituents is 1. The largest absolute Gasteiger partial charge is 0.507 e. The minimum Gasteiger partial charge on any atom is -0.507 e. The van der Waals surface area contributed by atoms with E-state index in [0.717, 1.165) is 0 Å². The van der Waals surface area contributed by atoms with Crippen LogP contribution in [-0.4, -0.2) is 21.2 Å². The van der Waals surface area contributed by atoms with Crippen molar-refractivity contribution in [3.05, 3.63) is 67.6 Å². The van der Waals surface area contributed by atoms with Gasteiger partial charge in [0.05, 0.1) is 10.6 Å². The van der Waals surface area contributed by atoms with Gasteiger partial charge in [-0.05, 0) is 6.92 Å². The Balaban J connectivity index is 1.89. The molecule has 25 heavy (non-hydrogen) atoms. The summed E-state index contributed by atoms with van der Waals surface area (Å²) in [5.41, 5.74) is 0.317. The van der Waals surface area contributed by atoms with E-state index in [1.165, 1.54) is 35.8 Å². The molecule has 9 heteroatoms. The van der Waals surface area contributed by atoms with E-state index in [9.17, 15) is 20.0 Å². The lowest BCUT2D eigenvalue weighted by molar-refractivity contribution is -0.384. The summed E-state index contributed by atoms with van der Waals surface area (Å²) in [6, 6.07) is 7.41. The highest BCUT2D eigenvalue weighted by Gasteiger charge is 2.11. The zero-order valence-electron chi connectivity index (χ0n) is 12.9. The summed E-state index contributed by atoms with van der Waals surface area (Å²) >= 11 is 1.20. The fourth-order valence-electron chi connectivity index (χ4n) is 2.08. The van der Waals surface area contributed by atoms with Gasteiger partial charge in [0.1, 0.15) is 17.1 Å². The van der Waals surface area contributed by atoms with Crippen LogP contribution in [0.1, 0.15) is 11.3 Å². The van der Waals surface area contributed by atoms with Gasteiger partial charge < -0.3 is 9.52 Å². The van der Waals surface area contributed by atoms with E-state index >= 15 is 0 Å². The van der Waals surface area contributed by atoms with Crippen molar-refractivity contribution in [1.82, 2.24) is 4.98 Å². The molecule has 0 amide bonds. The topological polar surface area (TPSA) is 119 Å². The SMILES string of the molecule is Cc1cc(O)c(/C=N/c2nc(-c3cccc([N+](=O)[O-])c3)cs2)c(=O)o1. The van der Waals surface area contributed by atoms with Crippen molar-refractivity contribution in [2.24, 2.45) is 4.99 Å². The van der Waals surface area contributed by atoms with E-state index in [4.69, 9.17) is 4.42 Å². The lowest BCUT2D eigenvalue weighted by Crippen LogP contribution is -2.07. The number of nitro groups is 1. The molecule has 0 saturated heterocycles. The Kier molecular flexibility index (Phi) is 4.40. The molecule has 3 aromatic rings. The number of rotatable bonds is 4. The number of aryl methyl sites for hydroxylation is 1. The highest BCUT2D eigenvalue weighted by atomic mass is 32.1. The third-order valence-corrected chi connectivity index (χ3v) is 3.99. The standard InChI is InChI=1S/C16H11N3O5S/c1-9-5-14(20)12(15(21)24-9)7-17-16-18-13(8-25-16)10-3-2-4-11(6-10)19(22)23/h2-8,20H,1H3/b17-7+. The molecule has 0 spiro atoms. The van der Waals surface area contributed by atoms with Gasteiger partial charge in [0, 0.05) is 35.4 Å². The van der Waals surface area contributed by atoms with Gasteiger partial charge in [0.15, 0.2) is 0 Å². The van der Waals surface area contributed by atoms with Crippen LogP contribution in [0.3, 0.4) is 0 Å². The number of aromatic hydroxyl groups is 1. The first-order valence-electron chi connectivity index (χ1n) is 7.02. The minimum absolute atomic E-state index is 0.0299. The molecule has 3 rings (SSSR count). The van der Waals surface area contributed by atoms with Gasteiger partial charge in [-0.1, -0.05) is 12.1 Å². The van der Waals surface area contributed by atoms with E-state index in [-0.39, 0.29) is 17.0 Å². The molecule has 126 valence electrons. The molecule has 1 aromatic carbocycles. The normalized spacial score (nSPS) is 11.1. The van der Waals surface area contributed by atoms with Crippen molar-refractivity contribution in [2.75, 3.05) is 0 Å². The lowest BCUT2D eigenvalue weighted by Gasteiger charge is -1.97. The van der Waals surface area contributed by atoms with Crippen LogP contribution in [-0.2, 0) is 0 Å². The molecule has 0 aliphatic rings. The number of aliphatic imine (C=N–C) groups is 1. The van der Waals surface area contributed by atoms with Crippen LogP contribution in [0.25, 0.3) is 11.3 Å². The van der Waals surface area contributed by atoms with Crippen molar-refractivity contribution in [3.8, 4) is 17.0 Å². The summed E-state index contributed by atoms with van der Waals surface area (Å²) in [7, 11) is 0. The van der Waals surface area contributed by atoms with Gasteiger partial charge in [-0.25, -0.2) is 14.8 Å². The van der Waals surface area contributed by atoms with E-state index in [1.54, 1.807) is 24.4 Å². The second-order valence-corrected chi connectivity index (χ2v) is 5.86. The zero-order valence-corrected chi connectivity index (χ0v) is 13.7. The van der Waals surface area contributed by atoms with Crippen molar-refractivity contribution in [2.45, 2.75) is 6.92 Å². The quantitative estimate of drug-likeness (QED) is 0.434. The maximum atomic E-state index is 11.7. The smallest absolute Gasteiger partial charge is 0.348 e. The predicted molar refractivity (Wildman–Crippen MR) is 92.8 cm³/mol. The average molecular weight is 357 g/mol. The monoisotopic (exact) mass is 357 g/mol. The molecule has 0 bridgehead atoms. The first kappa shape index (κ1) is 16.5. The fourth-order valence-corrected chi connectivity index (χ4v) is 2.75. The van der Waals surface area contributed by atoms with E-state index in [0.29, 0.717) is 22.1 Å². The van der Waals surface area contributed by atoms with Gasteiger partial charge >= 0.3 is 5.63 Å². The van der Waals surface area contributed by atoms with Crippen LogP contribution >= 0.6 is 11.3 Å². The Bertz CT molecular complexity index is 1040. The van der Waals surface area contributed by atoms with E-state index in [2.05, 4.69) is 9.98 Å². The number of hydrogen-bond donors (Lipinski definition) is 1. The third-order valence-electron chi connectivity index (χ3n) is 3.24. The number of benzene rings is 1. The number of hydrogen-bond acceptors (Lipinski definition) is 8. The first-order chi connectivity index (χ1) is 11.9. The molecule has 0 fully saturated rings. The summed E-state index contributed by atoms with van der Waals surface area (Å²) in [5.74, 6) is 0.0646. The summed E-state index contributed by atoms with van der Waals surface area (Å²) < 4.78 is 4.90. The summed E-state index contributed by atoms with van der Waals surface area (Å²) in [6.45, 7) is 1.55. The fraction of sp³-hybridized carbons (Fsp3) is 0.0625. The number of aromatic nitrogens is 1. The van der Waals surface area contributed by atoms with Gasteiger partial charge in [0.2, 0.25) is 5.13 Å². The second-order valence-electron chi connectivity index (χ2n) is 5.02. The molecular formula is C16H11N3O5S. The van der Waals surface area contributed by atoms with Crippen LogP contribution in [0.2, 0.25) is 0 Å². The Hall–Kier alpha value is -3.33. The number of nitrogens with zero attached hydrogens (tertiary/aromatic N) is 3. The highest BCUT2D eigenvalue weighted by molar-refractivity contribution is 7.13. The van der Waals surface area contributed by atoms with Crippen LogP contribution in [0.15, 0.2) is 49.9 Å². The molecule has 0 radical (unpaired) electrons. The maximum Gasteiger partial charge on any atom is 0.348 e. The van der Waals surface area contributed by atoms with Crippen molar-refractivity contribution in [1.29, 1.82) is 0 Å². The maximum absolute atomic E-state index is 11.7. The number of thiazole rings is 1. The molecule has 8 nitrogen and oxygen atoms in total. The van der Waals surface area contributed by atoms with Crippen molar-refractivity contribution < 1.29 is 14.4 Å². The Morgan fingerprint density at radius 1 is 1.40 bits per heavy atom. The van der Waals surface area contributed by atoms with Gasteiger partial charge in [0.25, 0.3) is 5.69 Å². The van der Waals surface area contributed by atoms with E-state index in [1.807, 2.05) is 0 Å². The first-order valence-corrected chi connectivity index (χ1v) is 7.90. The summed E-state index contributed by atoms with van der Waals surface area (Å²) in [4.78, 5) is 30.4. The highest BCUT2D eigenvalue weighted by Crippen LogP contribution is 2.28. The van der Waals surface area contributed by atoms with Crippen LogP contribution in [0.5, 0.6) is 5.75 Å². The van der Waals surface area contributed by atoms with Gasteiger partial charge in [-0.15, -0.1) is 11.3 Å². The molecule has 2 aromatic heterocycles. The van der Waals surface area contributed by atoms with Gasteiger partial charge in [-0.3, -0.25) is 10.1 Å². The van der Waals surface area contributed by atoms with Gasteiger partial charge in [-0.2, -0.15) is 0 Å². The van der Waals surface area contributed by atoms with Crippen LogP contribution < -0.4 is 5.63 Å². The third kappa shape index (κ3) is 3.61. The number of nitro benzene ring substituents is 1. The Labute approximate surface area is 144 Å². The van der Waals surface area contributed by atoms with Crippen molar-refractivity contribution in [3.63, 3.8) is 0 Å². The molecule has 0 aliphatic carbocycles. The predicted octanol–water partition coefficient (Wildman–Crippen LogP) is 3.44. The molecular weight excluding hydrogens is 346 g/mol. The average Bonchev–Trinajstić information content (AvgIpc) is 3.03. The summed E-state index contributed by atoms with van der Waals surface area (Å²) in [5, 5.41) is 22.7. The molecule has 0 atom stereocenters. The zero-order chi connectivity index (χ0) is 18.0. The Morgan fingerprint density at radius 2 is 2.20 bits per heavy atom. The molecule has 0 saturated carbocycles. The molecule has 2 heterocycles. The lowest BCUT2D eigenvalue weighted by atomic mass is 10.1. The van der Waals surface area contributed by atoms with E-state index < -0.39 is 10.5 Å². The Morgan fingerprint density at radius 3 is 2.92 bits per heavy atom. The van der Waals surface area contributed by atoms with Crippen molar-refractivity contribution >= 4 is 28.4 Å². The van der Waals surface area contributed by atoms with Crippen LogP contribution in [0, 0.1) is 17.0 Å². The molecule has 0 unspecified atom stereocenters. The minimum atomic E-state index is -0.697. The van der Waals surface area contributed by atoms with Crippen LogP contribution in [0.4, 0.5) is 10.8 Å². The summed E-state index contributed by atoms with van der Waals surface area (Å²) in [6.07, 6.45) is 1.18. The molecule has 1 N–H and O–H groups in total. The molecule has 0 aliphatic heterocycles. The second kappa shape index (κ2) is 6.65.